The van der Waals surface area contributed by atoms with E-state index in [-0.39, 0.29) is 17.0 Å². The zero-order valence-corrected chi connectivity index (χ0v) is 10.7. The van der Waals surface area contributed by atoms with Gasteiger partial charge in [0.25, 0.3) is 5.91 Å². The van der Waals surface area contributed by atoms with E-state index in [1.54, 1.807) is 37.3 Å². The summed E-state index contributed by atoms with van der Waals surface area (Å²) < 4.78 is 0. The number of hydrogen-bond acceptors (Lipinski definition) is 5. The van der Waals surface area contributed by atoms with Crippen LogP contribution in [0.4, 0.5) is 0 Å². The number of nitrogens with zero attached hydrogens (tertiary/aromatic N) is 2. The van der Waals surface area contributed by atoms with Gasteiger partial charge in [-0.25, -0.2) is 4.99 Å². The van der Waals surface area contributed by atoms with E-state index in [1.807, 2.05) is 0 Å². The molecule has 0 spiro atoms. The number of benzene rings is 1. The maximum absolute atomic E-state index is 11.2. The Balaban J connectivity index is 2.58. The smallest absolute Gasteiger partial charge is 0.261 e. The highest BCUT2D eigenvalue weighted by molar-refractivity contribution is 6.05. The highest BCUT2D eigenvalue weighted by Gasteiger charge is 2.17. The Labute approximate surface area is 115 Å². The molecule has 1 amide bonds. The number of allylic oxidation sites excluding steroid dienone is 2. The van der Waals surface area contributed by atoms with Gasteiger partial charge in [0.1, 0.15) is 23.2 Å². The van der Waals surface area contributed by atoms with Crippen LogP contribution in [0.3, 0.4) is 0 Å². The molecule has 100 valence electrons. The maximum atomic E-state index is 11.2. The molecule has 1 heterocycles. The number of primary amides is 1. The monoisotopic (exact) mass is 268 g/mol. The van der Waals surface area contributed by atoms with Gasteiger partial charge in [-0.2, -0.15) is 5.26 Å². The molecule has 0 radical (unpaired) electrons. The molecular weight excluding hydrogens is 256 g/mol. The van der Waals surface area contributed by atoms with Crippen LogP contribution in [0, 0.1) is 11.3 Å². The molecule has 0 saturated heterocycles. The molecule has 4 N–H and O–H groups in total. The van der Waals surface area contributed by atoms with E-state index < -0.39 is 5.91 Å². The summed E-state index contributed by atoms with van der Waals surface area (Å²) in [5, 5.41) is 21.8. The second-order valence-electron chi connectivity index (χ2n) is 4.17. The number of amides is 1. The zero-order chi connectivity index (χ0) is 14.7. The van der Waals surface area contributed by atoms with Gasteiger partial charge in [-0.3, -0.25) is 4.79 Å². The minimum atomic E-state index is -0.839. The fourth-order valence-electron chi connectivity index (χ4n) is 1.78. The van der Waals surface area contributed by atoms with E-state index in [0.717, 1.165) is 0 Å². The fraction of sp³-hybridized carbons (Fsp3) is 0.0714. The van der Waals surface area contributed by atoms with E-state index >= 15 is 0 Å². The van der Waals surface area contributed by atoms with Gasteiger partial charge in [0.2, 0.25) is 0 Å². The van der Waals surface area contributed by atoms with Gasteiger partial charge in [-0.1, -0.05) is 12.1 Å². The molecule has 0 atom stereocenters. The summed E-state index contributed by atoms with van der Waals surface area (Å²) >= 11 is 0. The first-order valence-electron chi connectivity index (χ1n) is 5.79. The molecule has 0 bridgehead atoms. The van der Waals surface area contributed by atoms with Crippen LogP contribution in [0.25, 0.3) is 0 Å². The van der Waals surface area contributed by atoms with Gasteiger partial charge in [0, 0.05) is 5.70 Å². The van der Waals surface area contributed by atoms with Crippen LogP contribution in [-0.2, 0) is 4.79 Å². The Hall–Kier alpha value is -3.07. The average molecular weight is 268 g/mol. The number of para-hydroxylation sites is 1. The van der Waals surface area contributed by atoms with Crippen molar-refractivity contribution in [2.24, 2.45) is 10.7 Å². The van der Waals surface area contributed by atoms with Crippen molar-refractivity contribution in [1.82, 2.24) is 5.32 Å². The Kier molecular flexibility index (Phi) is 3.53. The topological polar surface area (TPSA) is 112 Å². The fourth-order valence-corrected chi connectivity index (χ4v) is 1.78. The molecule has 2 rings (SSSR count). The van der Waals surface area contributed by atoms with Crippen molar-refractivity contribution in [3.8, 4) is 11.8 Å². The first kappa shape index (κ1) is 13.4. The van der Waals surface area contributed by atoms with Gasteiger partial charge in [0.05, 0.1) is 11.3 Å². The minimum Gasteiger partial charge on any atom is -0.507 e. The van der Waals surface area contributed by atoms with Crippen LogP contribution in [0.5, 0.6) is 5.75 Å². The van der Waals surface area contributed by atoms with Crippen molar-refractivity contribution in [3.63, 3.8) is 0 Å². The lowest BCUT2D eigenvalue weighted by atomic mass is 10.1. The van der Waals surface area contributed by atoms with Crippen molar-refractivity contribution in [2.75, 3.05) is 0 Å². The molecule has 1 aromatic rings. The van der Waals surface area contributed by atoms with E-state index in [9.17, 15) is 9.90 Å². The predicted molar refractivity (Wildman–Crippen MR) is 73.4 cm³/mol. The summed E-state index contributed by atoms with van der Waals surface area (Å²) in [5.74, 6) is -0.439. The van der Waals surface area contributed by atoms with Crippen molar-refractivity contribution < 1.29 is 9.90 Å². The lowest BCUT2D eigenvalue weighted by Crippen LogP contribution is -2.26. The molecule has 1 aliphatic heterocycles. The first-order chi connectivity index (χ1) is 9.52. The summed E-state index contributed by atoms with van der Waals surface area (Å²) in [6.07, 6.45) is 1.55. The van der Waals surface area contributed by atoms with E-state index in [2.05, 4.69) is 10.3 Å². The summed E-state index contributed by atoms with van der Waals surface area (Å²) in [6.45, 7) is 1.75. The van der Waals surface area contributed by atoms with Crippen LogP contribution in [0.2, 0.25) is 0 Å². The Bertz CT molecular complexity index is 708. The molecule has 6 nitrogen and oxygen atoms in total. The molecule has 20 heavy (non-hydrogen) atoms. The molecule has 0 aromatic heterocycles. The minimum absolute atomic E-state index is 0.0467. The van der Waals surface area contributed by atoms with E-state index in [1.165, 1.54) is 6.07 Å². The second kappa shape index (κ2) is 5.28. The number of carbonyl (C=O) groups is 1. The third-order valence-electron chi connectivity index (χ3n) is 2.67. The maximum Gasteiger partial charge on any atom is 0.261 e. The van der Waals surface area contributed by atoms with Gasteiger partial charge in [-0.05, 0) is 25.1 Å². The van der Waals surface area contributed by atoms with E-state index in [4.69, 9.17) is 11.0 Å². The van der Waals surface area contributed by atoms with Crippen molar-refractivity contribution in [2.45, 2.75) is 6.92 Å². The molecule has 0 saturated carbocycles. The summed E-state index contributed by atoms with van der Waals surface area (Å²) in [5.41, 5.74) is 6.26. The molecule has 0 fully saturated rings. The number of nitrogens with one attached hydrogen (secondary N) is 1. The number of carbonyl (C=O) groups excluding carboxylic acids is 1. The Morgan fingerprint density at radius 2 is 2.15 bits per heavy atom. The molecular formula is C14H12N4O2. The van der Waals surface area contributed by atoms with Crippen LogP contribution in [0.1, 0.15) is 12.5 Å². The van der Waals surface area contributed by atoms with Gasteiger partial charge >= 0.3 is 0 Å². The van der Waals surface area contributed by atoms with Gasteiger partial charge in [0.15, 0.2) is 0 Å². The highest BCUT2D eigenvalue weighted by atomic mass is 16.3. The van der Waals surface area contributed by atoms with Crippen molar-refractivity contribution in [3.05, 3.63) is 52.9 Å². The third kappa shape index (κ3) is 2.52. The number of aromatic hydroxyl groups is 1. The summed E-state index contributed by atoms with van der Waals surface area (Å²) in [6, 6.07) is 8.37. The van der Waals surface area contributed by atoms with Crippen molar-refractivity contribution in [1.29, 1.82) is 5.26 Å². The lowest BCUT2D eigenvalue weighted by Gasteiger charge is -2.17. The quantitative estimate of drug-likeness (QED) is 0.546. The largest absolute Gasteiger partial charge is 0.507 e. The summed E-state index contributed by atoms with van der Waals surface area (Å²) in [4.78, 5) is 15.4. The number of hydrogen-bond donors (Lipinski definition) is 3. The van der Waals surface area contributed by atoms with Crippen LogP contribution >= 0.6 is 0 Å². The first-order valence-corrected chi connectivity index (χ1v) is 5.79. The number of phenolic OH excluding ortho intramolecular Hbond substituents is 1. The van der Waals surface area contributed by atoms with Gasteiger partial charge < -0.3 is 16.2 Å². The number of aliphatic imine (C=N–C) groups is 1. The molecule has 0 unspecified atom stereocenters. The number of rotatable bonds is 2. The molecule has 1 aliphatic rings. The third-order valence-corrected chi connectivity index (χ3v) is 2.67. The second-order valence-corrected chi connectivity index (χ2v) is 4.17. The summed E-state index contributed by atoms with van der Waals surface area (Å²) in [7, 11) is 0. The SMILES string of the molecule is CC1=C/C(=C(\C#N)C(N)=O)N=C(c2ccccc2O)N1. The van der Waals surface area contributed by atoms with Crippen LogP contribution in [0.15, 0.2) is 52.3 Å². The number of amidine groups is 1. The predicted octanol–water partition coefficient (Wildman–Crippen LogP) is 0.909. The number of nitrogens with two attached hydrogens (primary N) is 1. The number of phenols is 1. The normalized spacial score (nSPS) is 16.4. The molecule has 0 aliphatic carbocycles. The van der Waals surface area contributed by atoms with Crippen LogP contribution < -0.4 is 11.1 Å². The standard InChI is InChI=1S/C14H12N4O2/c1-8-6-11(10(7-15)13(16)20)18-14(17-8)9-4-2-3-5-12(9)19/h2-6,19H,1H3,(H2,16,20)(H,17,18)/b11-10-. The Morgan fingerprint density at radius 3 is 2.75 bits per heavy atom. The zero-order valence-electron chi connectivity index (χ0n) is 10.7. The Morgan fingerprint density at radius 1 is 1.45 bits per heavy atom. The average Bonchev–Trinajstić information content (AvgIpc) is 2.39. The lowest BCUT2D eigenvalue weighted by molar-refractivity contribution is -0.114. The van der Waals surface area contributed by atoms with Gasteiger partial charge in [-0.15, -0.1) is 0 Å². The molecule has 1 aromatic carbocycles. The van der Waals surface area contributed by atoms with Crippen LogP contribution in [-0.4, -0.2) is 16.8 Å². The molecule has 6 heteroatoms. The number of nitriles is 1. The van der Waals surface area contributed by atoms with E-state index in [0.29, 0.717) is 17.1 Å². The highest BCUT2D eigenvalue weighted by Crippen LogP contribution is 2.21. The van der Waals surface area contributed by atoms with Crippen molar-refractivity contribution >= 4 is 11.7 Å².